The number of halogens is 1. The smallest absolute Gasteiger partial charge is 0.218 e. The molecule has 6 heteroatoms. The molecule has 88 valence electrons. The molecule has 0 spiro atoms. The maximum Gasteiger partial charge on any atom is 0.218 e. The van der Waals surface area contributed by atoms with Crippen LogP contribution in [0, 0.1) is 0 Å². The van der Waals surface area contributed by atoms with Gasteiger partial charge in [0.1, 0.15) is 0 Å². The van der Waals surface area contributed by atoms with Crippen LogP contribution in [0.15, 0.2) is 9.89 Å². The molecule has 0 aliphatic carbocycles. The molecule has 0 radical (unpaired) electrons. The van der Waals surface area contributed by atoms with E-state index in [4.69, 9.17) is 0 Å². The zero-order valence-corrected chi connectivity index (χ0v) is 11.5. The molecule has 3 rings (SSSR count). The lowest BCUT2D eigenvalue weighted by Gasteiger charge is -2.28. The summed E-state index contributed by atoms with van der Waals surface area (Å²) >= 11 is 5.18. The van der Waals surface area contributed by atoms with Crippen molar-refractivity contribution in [2.75, 3.05) is 19.6 Å². The quantitative estimate of drug-likeness (QED) is 0.837. The number of fused-ring (bicyclic) bond motifs is 1. The summed E-state index contributed by atoms with van der Waals surface area (Å²) in [6.07, 6.45) is 4.14. The van der Waals surface area contributed by atoms with Crippen LogP contribution in [0.25, 0.3) is 0 Å². The molecule has 0 amide bonds. The zero-order valence-electron chi connectivity index (χ0n) is 9.10. The minimum atomic E-state index is 0.640. The van der Waals surface area contributed by atoms with Gasteiger partial charge in [-0.25, -0.2) is 4.68 Å². The van der Waals surface area contributed by atoms with E-state index in [9.17, 15) is 0 Å². The second-order valence-electron chi connectivity index (χ2n) is 4.45. The SMILES string of the molecule is Brc1nc2n(n1)CC(CN1CCCCC1)S2. The van der Waals surface area contributed by atoms with E-state index < -0.39 is 0 Å². The average Bonchev–Trinajstić information content (AvgIpc) is 2.76. The van der Waals surface area contributed by atoms with Gasteiger partial charge in [0.25, 0.3) is 0 Å². The molecule has 1 fully saturated rings. The predicted molar refractivity (Wildman–Crippen MR) is 67.7 cm³/mol. The van der Waals surface area contributed by atoms with E-state index in [1.54, 1.807) is 0 Å². The zero-order chi connectivity index (χ0) is 11.0. The van der Waals surface area contributed by atoms with Gasteiger partial charge in [-0.15, -0.1) is 5.10 Å². The van der Waals surface area contributed by atoms with E-state index in [1.807, 2.05) is 16.4 Å². The van der Waals surface area contributed by atoms with Crippen molar-refractivity contribution in [3.63, 3.8) is 0 Å². The number of piperidine rings is 1. The second-order valence-corrected chi connectivity index (χ2v) is 6.42. The summed E-state index contributed by atoms with van der Waals surface area (Å²) in [6.45, 7) is 4.75. The molecule has 4 nitrogen and oxygen atoms in total. The fourth-order valence-electron chi connectivity index (χ4n) is 2.41. The Labute approximate surface area is 108 Å². The van der Waals surface area contributed by atoms with Gasteiger partial charge in [-0.05, 0) is 41.9 Å². The average molecular weight is 303 g/mol. The first kappa shape index (κ1) is 11.0. The molecular formula is C10H15BrN4S. The highest BCUT2D eigenvalue weighted by Crippen LogP contribution is 2.31. The van der Waals surface area contributed by atoms with E-state index in [1.165, 1.54) is 38.9 Å². The second kappa shape index (κ2) is 4.66. The summed E-state index contributed by atoms with van der Waals surface area (Å²) in [4.78, 5) is 6.93. The van der Waals surface area contributed by atoms with E-state index in [0.29, 0.717) is 9.98 Å². The first-order chi connectivity index (χ1) is 7.81. The van der Waals surface area contributed by atoms with Crippen LogP contribution >= 0.6 is 27.7 Å². The summed E-state index contributed by atoms with van der Waals surface area (Å²) in [5.74, 6) is 0. The lowest BCUT2D eigenvalue weighted by Crippen LogP contribution is -2.35. The van der Waals surface area contributed by atoms with E-state index in [2.05, 4.69) is 30.9 Å². The fourth-order valence-corrected chi connectivity index (χ4v) is 4.06. The van der Waals surface area contributed by atoms with Gasteiger partial charge in [0.05, 0.1) is 6.54 Å². The van der Waals surface area contributed by atoms with Crippen LogP contribution in [-0.4, -0.2) is 44.5 Å². The lowest BCUT2D eigenvalue weighted by atomic mass is 10.1. The van der Waals surface area contributed by atoms with Gasteiger partial charge in [-0.3, -0.25) is 0 Å². The molecule has 1 aromatic rings. The Morgan fingerprint density at radius 3 is 2.88 bits per heavy atom. The third-order valence-corrected chi connectivity index (χ3v) is 4.65. The Bertz CT molecular complexity index is 351. The third-order valence-electron chi connectivity index (χ3n) is 3.17. The maximum atomic E-state index is 4.35. The van der Waals surface area contributed by atoms with Gasteiger partial charge in [-0.1, -0.05) is 18.2 Å². The lowest BCUT2D eigenvalue weighted by molar-refractivity contribution is 0.226. The van der Waals surface area contributed by atoms with Crippen LogP contribution in [0.1, 0.15) is 19.3 Å². The van der Waals surface area contributed by atoms with Crippen LogP contribution in [0.4, 0.5) is 0 Å². The number of nitrogens with zero attached hydrogens (tertiary/aromatic N) is 4. The molecule has 0 saturated carbocycles. The highest BCUT2D eigenvalue weighted by molar-refractivity contribution is 9.10. The summed E-state index contributed by atoms with van der Waals surface area (Å²) in [7, 11) is 0. The van der Waals surface area contributed by atoms with Crippen molar-refractivity contribution >= 4 is 27.7 Å². The van der Waals surface area contributed by atoms with Crippen LogP contribution in [0.2, 0.25) is 0 Å². The topological polar surface area (TPSA) is 34.0 Å². The Morgan fingerprint density at radius 1 is 1.31 bits per heavy atom. The van der Waals surface area contributed by atoms with E-state index in [-0.39, 0.29) is 0 Å². The van der Waals surface area contributed by atoms with Gasteiger partial charge in [0.15, 0.2) is 5.16 Å². The van der Waals surface area contributed by atoms with Crippen molar-refractivity contribution in [2.24, 2.45) is 0 Å². The Morgan fingerprint density at radius 2 is 2.12 bits per heavy atom. The molecule has 1 unspecified atom stereocenters. The Hall–Kier alpha value is -0.0700. The molecular weight excluding hydrogens is 288 g/mol. The monoisotopic (exact) mass is 302 g/mol. The van der Waals surface area contributed by atoms with Crippen molar-refractivity contribution < 1.29 is 0 Å². The molecule has 16 heavy (non-hydrogen) atoms. The number of rotatable bonds is 2. The summed E-state index contributed by atoms with van der Waals surface area (Å²) < 4.78 is 2.73. The van der Waals surface area contributed by atoms with Gasteiger partial charge in [-0.2, -0.15) is 4.98 Å². The Kier molecular flexibility index (Phi) is 3.22. The molecule has 0 bridgehead atoms. The van der Waals surface area contributed by atoms with E-state index in [0.717, 1.165) is 11.7 Å². The van der Waals surface area contributed by atoms with Gasteiger partial charge < -0.3 is 4.90 Å². The molecule has 1 saturated heterocycles. The molecule has 0 aromatic carbocycles. The van der Waals surface area contributed by atoms with Crippen LogP contribution in [0.5, 0.6) is 0 Å². The fraction of sp³-hybridized carbons (Fsp3) is 0.800. The minimum Gasteiger partial charge on any atom is -0.302 e. The number of hydrogen-bond acceptors (Lipinski definition) is 4. The summed E-state index contributed by atoms with van der Waals surface area (Å²) in [6, 6.07) is 0. The van der Waals surface area contributed by atoms with Gasteiger partial charge in [0, 0.05) is 11.8 Å². The van der Waals surface area contributed by atoms with Crippen molar-refractivity contribution in [3.8, 4) is 0 Å². The number of hydrogen-bond donors (Lipinski definition) is 0. The number of aromatic nitrogens is 3. The minimum absolute atomic E-state index is 0.640. The molecule has 1 atom stereocenters. The van der Waals surface area contributed by atoms with Crippen molar-refractivity contribution in [1.29, 1.82) is 0 Å². The first-order valence-electron chi connectivity index (χ1n) is 5.80. The van der Waals surface area contributed by atoms with Crippen LogP contribution in [-0.2, 0) is 6.54 Å². The number of thioether (sulfide) groups is 1. The van der Waals surface area contributed by atoms with Crippen molar-refractivity contribution in [2.45, 2.75) is 36.2 Å². The Balaban J connectivity index is 1.57. The molecule has 2 aliphatic heterocycles. The van der Waals surface area contributed by atoms with Gasteiger partial charge >= 0.3 is 0 Å². The highest BCUT2D eigenvalue weighted by atomic mass is 79.9. The van der Waals surface area contributed by atoms with Crippen molar-refractivity contribution in [1.82, 2.24) is 19.7 Å². The van der Waals surface area contributed by atoms with Crippen molar-refractivity contribution in [3.05, 3.63) is 4.73 Å². The standard InChI is InChI=1S/C10H15BrN4S/c11-9-12-10-15(13-9)7-8(16-10)6-14-4-2-1-3-5-14/h8H,1-7H2. The molecule has 3 heterocycles. The predicted octanol–water partition coefficient (Wildman–Crippen LogP) is 2.00. The maximum absolute atomic E-state index is 4.35. The molecule has 0 N–H and O–H groups in total. The third kappa shape index (κ3) is 2.28. The van der Waals surface area contributed by atoms with Crippen LogP contribution in [0.3, 0.4) is 0 Å². The number of likely N-dealkylation sites (tertiary alicyclic amines) is 1. The van der Waals surface area contributed by atoms with E-state index >= 15 is 0 Å². The molecule has 2 aliphatic rings. The first-order valence-corrected chi connectivity index (χ1v) is 7.48. The largest absolute Gasteiger partial charge is 0.302 e. The van der Waals surface area contributed by atoms with Gasteiger partial charge in [0.2, 0.25) is 4.73 Å². The summed E-state index contributed by atoms with van der Waals surface area (Å²) in [5.41, 5.74) is 0. The van der Waals surface area contributed by atoms with Crippen LogP contribution < -0.4 is 0 Å². The molecule has 1 aromatic heterocycles. The normalized spacial score (nSPS) is 25.9. The highest BCUT2D eigenvalue weighted by Gasteiger charge is 2.27. The summed E-state index contributed by atoms with van der Waals surface area (Å²) in [5, 5.41) is 6.02.